The van der Waals surface area contributed by atoms with Gasteiger partial charge in [0.05, 0.1) is 17.7 Å². The molecule has 0 aromatic carbocycles. The van der Waals surface area contributed by atoms with Crippen molar-refractivity contribution in [1.29, 1.82) is 0 Å². The fourth-order valence-corrected chi connectivity index (χ4v) is 2.79. The lowest BCUT2D eigenvalue weighted by Gasteiger charge is -2.30. The van der Waals surface area contributed by atoms with Gasteiger partial charge in [0.2, 0.25) is 0 Å². The highest BCUT2D eigenvalue weighted by Crippen LogP contribution is 2.27. The van der Waals surface area contributed by atoms with Crippen LogP contribution in [0.3, 0.4) is 0 Å². The fraction of sp³-hybridized carbons (Fsp3) is 0.769. The first-order valence-electron chi connectivity index (χ1n) is 6.85. The van der Waals surface area contributed by atoms with Gasteiger partial charge in [-0.1, -0.05) is 6.92 Å². The molecule has 0 radical (unpaired) electrons. The van der Waals surface area contributed by atoms with Crippen molar-refractivity contribution in [2.75, 3.05) is 13.1 Å². The number of hydrogen-bond acceptors (Lipinski definition) is 3. The number of imidazole rings is 1. The molecule has 0 bridgehead atoms. The molecule has 2 aliphatic rings. The van der Waals surface area contributed by atoms with E-state index in [0.717, 1.165) is 19.0 Å². The molecule has 1 aliphatic heterocycles. The molecule has 1 atom stereocenters. The van der Waals surface area contributed by atoms with Gasteiger partial charge < -0.3 is 10.3 Å². The fourth-order valence-electron chi connectivity index (χ4n) is 2.79. The van der Waals surface area contributed by atoms with Crippen LogP contribution in [0.5, 0.6) is 0 Å². The highest BCUT2D eigenvalue weighted by Gasteiger charge is 2.31. The summed E-state index contributed by atoms with van der Waals surface area (Å²) < 4.78 is 0. The first-order valence-corrected chi connectivity index (χ1v) is 6.85. The summed E-state index contributed by atoms with van der Waals surface area (Å²) in [5, 5.41) is 3.62. The van der Waals surface area contributed by atoms with E-state index in [1.807, 2.05) is 6.33 Å². The Morgan fingerprint density at radius 1 is 1.47 bits per heavy atom. The Labute approximate surface area is 103 Å². The first kappa shape index (κ1) is 11.2. The number of nitrogens with one attached hydrogen (secondary N) is 2. The maximum Gasteiger partial charge on any atom is 0.0925 e. The minimum atomic E-state index is 0.581. The van der Waals surface area contributed by atoms with E-state index in [4.69, 9.17) is 0 Å². The van der Waals surface area contributed by atoms with Crippen molar-refractivity contribution in [3.8, 4) is 0 Å². The van der Waals surface area contributed by atoms with Gasteiger partial charge in [0.15, 0.2) is 0 Å². The summed E-state index contributed by atoms with van der Waals surface area (Å²) in [6.07, 6.45) is 6.96. The topological polar surface area (TPSA) is 44.0 Å². The maximum absolute atomic E-state index is 4.41. The molecule has 1 unspecified atom stereocenters. The zero-order chi connectivity index (χ0) is 11.7. The Kier molecular flexibility index (Phi) is 3.16. The van der Waals surface area contributed by atoms with Crippen molar-refractivity contribution in [2.45, 2.75) is 51.2 Å². The Bertz CT molecular complexity index is 369. The van der Waals surface area contributed by atoms with Crippen LogP contribution in [0.25, 0.3) is 0 Å². The molecular formula is C13H22N4. The lowest BCUT2D eigenvalue weighted by Crippen LogP contribution is -2.45. The van der Waals surface area contributed by atoms with E-state index in [1.165, 1.54) is 43.7 Å². The normalized spacial score (nSPS) is 24.0. The summed E-state index contributed by atoms with van der Waals surface area (Å²) in [5.74, 6) is 0. The van der Waals surface area contributed by atoms with Crippen LogP contribution in [0, 0.1) is 0 Å². The Morgan fingerprint density at radius 3 is 3.12 bits per heavy atom. The Morgan fingerprint density at radius 2 is 2.35 bits per heavy atom. The number of H-pyrrole nitrogens is 1. The van der Waals surface area contributed by atoms with E-state index >= 15 is 0 Å². The molecule has 1 aliphatic carbocycles. The lowest BCUT2D eigenvalue weighted by molar-refractivity contribution is 0.226. The van der Waals surface area contributed by atoms with Crippen LogP contribution in [0.15, 0.2) is 6.33 Å². The molecule has 1 aromatic heterocycles. The number of rotatable bonds is 5. The third kappa shape index (κ3) is 2.53. The van der Waals surface area contributed by atoms with Crippen molar-refractivity contribution in [3.05, 3.63) is 17.7 Å². The van der Waals surface area contributed by atoms with Gasteiger partial charge in [-0.05, 0) is 25.8 Å². The van der Waals surface area contributed by atoms with E-state index < -0.39 is 0 Å². The van der Waals surface area contributed by atoms with E-state index in [-0.39, 0.29) is 0 Å². The number of aromatic amines is 1. The maximum atomic E-state index is 4.41. The second kappa shape index (κ2) is 4.78. The molecule has 0 amide bonds. The van der Waals surface area contributed by atoms with Gasteiger partial charge >= 0.3 is 0 Å². The largest absolute Gasteiger partial charge is 0.347 e. The minimum absolute atomic E-state index is 0.581. The molecule has 1 saturated carbocycles. The zero-order valence-electron chi connectivity index (χ0n) is 10.6. The van der Waals surface area contributed by atoms with E-state index in [9.17, 15) is 0 Å². The molecule has 2 heterocycles. The molecule has 2 N–H and O–H groups in total. The van der Waals surface area contributed by atoms with Gasteiger partial charge in [-0.25, -0.2) is 4.98 Å². The average Bonchev–Trinajstić information content (AvgIpc) is 3.07. The second-order valence-electron chi connectivity index (χ2n) is 5.34. The van der Waals surface area contributed by atoms with Crippen LogP contribution < -0.4 is 5.32 Å². The van der Waals surface area contributed by atoms with Crippen molar-refractivity contribution in [2.24, 2.45) is 0 Å². The molecule has 17 heavy (non-hydrogen) atoms. The summed E-state index contributed by atoms with van der Waals surface area (Å²) in [7, 11) is 0. The van der Waals surface area contributed by atoms with Crippen LogP contribution in [0.2, 0.25) is 0 Å². The first-order chi connectivity index (χ1) is 8.36. The van der Waals surface area contributed by atoms with Crippen molar-refractivity contribution < 1.29 is 0 Å². The van der Waals surface area contributed by atoms with Gasteiger partial charge in [-0.15, -0.1) is 0 Å². The van der Waals surface area contributed by atoms with Gasteiger partial charge in [0, 0.05) is 31.6 Å². The lowest BCUT2D eigenvalue weighted by atomic mass is 10.0. The number of aromatic nitrogens is 2. The van der Waals surface area contributed by atoms with Crippen molar-refractivity contribution in [1.82, 2.24) is 20.2 Å². The third-order valence-corrected chi connectivity index (χ3v) is 3.84. The molecule has 4 heteroatoms. The van der Waals surface area contributed by atoms with Crippen LogP contribution in [0.4, 0.5) is 0 Å². The van der Waals surface area contributed by atoms with Gasteiger partial charge in [0.1, 0.15) is 0 Å². The number of nitrogens with zero attached hydrogens (tertiary/aromatic N) is 2. The quantitative estimate of drug-likeness (QED) is 0.807. The van der Waals surface area contributed by atoms with E-state index in [2.05, 4.69) is 27.1 Å². The van der Waals surface area contributed by atoms with Crippen LogP contribution in [-0.2, 0) is 13.0 Å². The summed E-state index contributed by atoms with van der Waals surface area (Å²) in [4.78, 5) is 10.3. The van der Waals surface area contributed by atoms with E-state index in [0.29, 0.717) is 6.04 Å². The standard InChI is InChI=1S/C13H22N4/c1-2-5-17(11-3-4-11)8-10-6-12-13(7-14-10)16-9-15-12/h9-11,14H,2-8H2,1H3,(H,15,16). The van der Waals surface area contributed by atoms with Gasteiger partial charge in [0.25, 0.3) is 0 Å². The SMILES string of the molecule is CCCN(CC1Cc2nc[nH]c2CN1)C1CC1. The minimum Gasteiger partial charge on any atom is -0.347 e. The molecule has 0 saturated heterocycles. The summed E-state index contributed by atoms with van der Waals surface area (Å²) >= 11 is 0. The molecule has 1 fully saturated rings. The predicted molar refractivity (Wildman–Crippen MR) is 67.8 cm³/mol. The second-order valence-corrected chi connectivity index (χ2v) is 5.34. The zero-order valence-corrected chi connectivity index (χ0v) is 10.6. The van der Waals surface area contributed by atoms with Crippen LogP contribution in [0.1, 0.15) is 37.6 Å². The molecule has 1 aromatic rings. The number of fused-ring (bicyclic) bond motifs is 1. The third-order valence-electron chi connectivity index (χ3n) is 3.84. The predicted octanol–water partition coefficient (Wildman–Crippen LogP) is 1.30. The van der Waals surface area contributed by atoms with Gasteiger partial charge in [-0.2, -0.15) is 0 Å². The smallest absolute Gasteiger partial charge is 0.0925 e. The monoisotopic (exact) mass is 234 g/mol. The molecular weight excluding hydrogens is 212 g/mol. The Balaban J connectivity index is 1.58. The molecule has 3 rings (SSSR count). The van der Waals surface area contributed by atoms with Gasteiger partial charge in [-0.3, -0.25) is 4.90 Å². The summed E-state index contributed by atoms with van der Waals surface area (Å²) in [6, 6.07) is 1.45. The van der Waals surface area contributed by atoms with Crippen LogP contribution >= 0.6 is 0 Å². The summed E-state index contributed by atoms with van der Waals surface area (Å²) in [5.41, 5.74) is 2.54. The molecule has 4 nitrogen and oxygen atoms in total. The summed E-state index contributed by atoms with van der Waals surface area (Å²) in [6.45, 7) is 5.65. The molecule has 0 spiro atoms. The van der Waals surface area contributed by atoms with Crippen LogP contribution in [-0.4, -0.2) is 40.0 Å². The highest BCUT2D eigenvalue weighted by molar-refractivity contribution is 5.16. The number of hydrogen-bond donors (Lipinski definition) is 2. The van der Waals surface area contributed by atoms with E-state index in [1.54, 1.807) is 0 Å². The highest BCUT2D eigenvalue weighted by atomic mass is 15.2. The Hall–Kier alpha value is -0.870. The molecule has 94 valence electrons. The van der Waals surface area contributed by atoms with Crippen molar-refractivity contribution in [3.63, 3.8) is 0 Å². The van der Waals surface area contributed by atoms with Crippen molar-refractivity contribution >= 4 is 0 Å². The average molecular weight is 234 g/mol.